The lowest BCUT2D eigenvalue weighted by molar-refractivity contribution is -0.121. The van der Waals surface area contributed by atoms with E-state index >= 15 is 0 Å². The lowest BCUT2D eigenvalue weighted by Gasteiger charge is -2.03. The van der Waals surface area contributed by atoms with E-state index in [1.807, 2.05) is 31.2 Å². The summed E-state index contributed by atoms with van der Waals surface area (Å²) in [5.74, 6) is -0.0294. The SMILES string of the molecule is CCCCCC(=O)N/N=C(\C)c1ccc(N)cc1. The quantitative estimate of drug-likeness (QED) is 0.351. The summed E-state index contributed by atoms with van der Waals surface area (Å²) < 4.78 is 0. The first-order valence-electron chi connectivity index (χ1n) is 6.32. The molecular weight excluding hydrogens is 226 g/mol. The molecule has 0 spiro atoms. The van der Waals surface area contributed by atoms with Gasteiger partial charge in [-0.15, -0.1) is 0 Å². The van der Waals surface area contributed by atoms with Crippen LogP contribution in [0.4, 0.5) is 5.69 Å². The molecule has 0 bridgehead atoms. The van der Waals surface area contributed by atoms with E-state index in [1.54, 1.807) is 0 Å². The number of unbranched alkanes of at least 4 members (excludes halogenated alkanes) is 2. The summed E-state index contributed by atoms with van der Waals surface area (Å²) in [6.07, 6.45) is 3.64. The minimum Gasteiger partial charge on any atom is -0.399 e. The second kappa shape index (κ2) is 7.48. The van der Waals surface area contributed by atoms with Crippen molar-refractivity contribution in [2.24, 2.45) is 5.10 Å². The standard InChI is InChI=1S/C14H21N3O/c1-3-4-5-6-14(18)17-16-11(2)12-7-9-13(15)10-8-12/h7-10H,3-6,15H2,1-2H3,(H,17,18)/b16-11+. The largest absolute Gasteiger partial charge is 0.399 e. The van der Waals surface area contributed by atoms with Crippen molar-refractivity contribution in [3.63, 3.8) is 0 Å². The van der Waals surface area contributed by atoms with E-state index in [-0.39, 0.29) is 5.91 Å². The minimum atomic E-state index is -0.0294. The van der Waals surface area contributed by atoms with Gasteiger partial charge in [0, 0.05) is 12.1 Å². The van der Waals surface area contributed by atoms with Crippen LogP contribution in [-0.2, 0) is 4.79 Å². The Morgan fingerprint density at radius 1 is 1.28 bits per heavy atom. The van der Waals surface area contributed by atoms with Gasteiger partial charge in [0.2, 0.25) is 5.91 Å². The number of carbonyl (C=O) groups excluding carboxylic acids is 1. The number of nitrogens with zero attached hydrogens (tertiary/aromatic N) is 1. The first kappa shape index (κ1) is 14.2. The molecule has 4 heteroatoms. The number of anilines is 1. The van der Waals surface area contributed by atoms with Crippen LogP contribution in [0.2, 0.25) is 0 Å². The Hall–Kier alpha value is -1.84. The summed E-state index contributed by atoms with van der Waals surface area (Å²) in [6, 6.07) is 7.41. The van der Waals surface area contributed by atoms with E-state index < -0.39 is 0 Å². The van der Waals surface area contributed by atoms with Gasteiger partial charge in [-0.2, -0.15) is 5.10 Å². The molecule has 0 radical (unpaired) electrons. The third-order valence-corrected chi connectivity index (χ3v) is 2.68. The Labute approximate surface area is 108 Å². The van der Waals surface area contributed by atoms with Crippen LogP contribution < -0.4 is 11.2 Å². The summed E-state index contributed by atoms with van der Waals surface area (Å²) in [6.45, 7) is 3.97. The number of carbonyl (C=O) groups is 1. The van der Waals surface area contributed by atoms with Crippen LogP contribution in [0.25, 0.3) is 0 Å². The topological polar surface area (TPSA) is 67.5 Å². The van der Waals surface area contributed by atoms with Crippen molar-refractivity contribution in [1.82, 2.24) is 5.43 Å². The van der Waals surface area contributed by atoms with Crippen molar-refractivity contribution in [1.29, 1.82) is 0 Å². The van der Waals surface area contributed by atoms with E-state index in [0.717, 1.165) is 36.2 Å². The van der Waals surface area contributed by atoms with Gasteiger partial charge in [-0.3, -0.25) is 4.79 Å². The molecule has 0 saturated heterocycles. The molecule has 0 saturated carbocycles. The number of hydrogen-bond acceptors (Lipinski definition) is 3. The Morgan fingerprint density at radius 2 is 1.94 bits per heavy atom. The summed E-state index contributed by atoms with van der Waals surface area (Å²) in [5.41, 5.74) is 10.6. The van der Waals surface area contributed by atoms with Gasteiger partial charge in [0.1, 0.15) is 0 Å². The molecule has 1 amide bonds. The van der Waals surface area contributed by atoms with Crippen LogP contribution in [0.3, 0.4) is 0 Å². The smallest absolute Gasteiger partial charge is 0.240 e. The molecule has 0 fully saturated rings. The Morgan fingerprint density at radius 3 is 2.56 bits per heavy atom. The van der Waals surface area contributed by atoms with Crippen molar-refractivity contribution in [2.75, 3.05) is 5.73 Å². The molecule has 18 heavy (non-hydrogen) atoms. The highest BCUT2D eigenvalue weighted by atomic mass is 16.2. The lowest BCUT2D eigenvalue weighted by atomic mass is 10.1. The molecule has 0 aliphatic carbocycles. The number of hydrogen-bond donors (Lipinski definition) is 2. The summed E-state index contributed by atoms with van der Waals surface area (Å²) >= 11 is 0. The van der Waals surface area contributed by atoms with E-state index in [1.165, 1.54) is 0 Å². The predicted molar refractivity (Wildman–Crippen MR) is 75.4 cm³/mol. The molecule has 3 N–H and O–H groups in total. The van der Waals surface area contributed by atoms with Crippen LogP contribution in [0.1, 0.15) is 45.1 Å². The van der Waals surface area contributed by atoms with Gasteiger partial charge >= 0.3 is 0 Å². The van der Waals surface area contributed by atoms with Crippen LogP contribution in [-0.4, -0.2) is 11.6 Å². The van der Waals surface area contributed by atoms with Crippen LogP contribution in [0.5, 0.6) is 0 Å². The van der Waals surface area contributed by atoms with Gasteiger partial charge in [0.25, 0.3) is 0 Å². The molecule has 0 unspecified atom stereocenters. The summed E-state index contributed by atoms with van der Waals surface area (Å²) in [5, 5.41) is 4.08. The van der Waals surface area contributed by atoms with Crippen molar-refractivity contribution >= 4 is 17.3 Å². The third-order valence-electron chi connectivity index (χ3n) is 2.68. The van der Waals surface area contributed by atoms with Gasteiger partial charge in [0.15, 0.2) is 0 Å². The van der Waals surface area contributed by atoms with Gasteiger partial charge in [-0.25, -0.2) is 5.43 Å². The molecule has 0 atom stereocenters. The van der Waals surface area contributed by atoms with E-state index in [2.05, 4.69) is 17.5 Å². The number of nitrogens with one attached hydrogen (secondary N) is 1. The van der Waals surface area contributed by atoms with Crippen molar-refractivity contribution in [3.8, 4) is 0 Å². The fraction of sp³-hybridized carbons (Fsp3) is 0.429. The van der Waals surface area contributed by atoms with Crippen LogP contribution >= 0.6 is 0 Å². The molecular formula is C14H21N3O. The molecule has 1 rings (SSSR count). The molecule has 0 aliphatic rings. The predicted octanol–water partition coefficient (Wildman–Crippen LogP) is 2.69. The monoisotopic (exact) mass is 247 g/mol. The Bertz CT molecular complexity index is 410. The maximum atomic E-state index is 11.5. The zero-order valence-corrected chi connectivity index (χ0v) is 11.1. The van der Waals surface area contributed by atoms with Gasteiger partial charge in [-0.05, 0) is 31.0 Å². The zero-order valence-electron chi connectivity index (χ0n) is 11.1. The second-order valence-corrected chi connectivity index (χ2v) is 4.31. The average molecular weight is 247 g/mol. The van der Waals surface area contributed by atoms with E-state index in [9.17, 15) is 4.79 Å². The molecule has 1 aromatic rings. The fourth-order valence-corrected chi connectivity index (χ4v) is 1.53. The minimum absolute atomic E-state index is 0.0294. The highest BCUT2D eigenvalue weighted by Crippen LogP contribution is 2.06. The van der Waals surface area contributed by atoms with Gasteiger partial charge < -0.3 is 5.73 Å². The first-order chi connectivity index (χ1) is 8.63. The number of rotatable bonds is 6. The maximum Gasteiger partial charge on any atom is 0.240 e. The molecule has 0 aliphatic heterocycles. The molecule has 0 heterocycles. The molecule has 98 valence electrons. The Balaban J connectivity index is 2.46. The van der Waals surface area contributed by atoms with Crippen molar-refractivity contribution in [2.45, 2.75) is 39.5 Å². The van der Waals surface area contributed by atoms with Crippen LogP contribution in [0, 0.1) is 0 Å². The maximum absolute atomic E-state index is 11.5. The highest BCUT2D eigenvalue weighted by molar-refractivity contribution is 5.99. The van der Waals surface area contributed by atoms with Gasteiger partial charge in [-0.1, -0.05) is 31.9 Å². The third kappa shape index (κ3) is 4.99. The van der Waals surface area contributed by atoms with Crippen molar-refractivity contribution in [3.05, 3.63) is 29.8 Å². The average Bonchev–Trinajstić information content (AvgIpc) is 2.37. The summed E-state index contributed by atoms with van der Waals surface area (Å²) in [4.78, 5) is 11.5. The van der Waals surface area contributed by atoms with E-state index in [0.29, 0.717) is 6.42 Å². The number of benzene rings is 1. The number of nitrogen functional groups attached to an aromatic ring is 1. The van der Waals surface area contributed by atoms with Crippen molar-refractivity contribution < 1.29 is 4.79 Å². The normalized spacial score (nSPS) is 11.3. The second-order valence-electron chi connectivity index (χ2n) is 4.31. The van der Waals surface area contributed by atoms with Crippen LogP contribution in [0.15, 0.2) is 29.4 Å². The zero-order chi connectivity index (χ0) is 13.4. The molecule has 4 nitrogen and oxygen atoms in total. The van der Waals surface area contributed by atoms with E-state index in [4.69, 9.17) is 5.73 Å². The number of hydrazone groups is 1. The highest BCUT2D eigenvalue weighted by Gasteiger charge is 2.01. The molecule has 1 aromatic carbocycles. The van der Waals surface area contributed by atoms with Gasteiger partial charge in [0.05, 0.1) is 5.71 Å². The Kier molecular flexibility index (Phi) is 5.91. The summed E-state index contributed by atoms with van der Waals surface area (Å²) in [7, 11) is 0. The fourth-order valence-electron chi connectivity index (χ4n) is 1.53. The molecule has 0 aromatic heterocycles. The number of amides is 1. The lowest BCUT2D eigenvalue weighted by Crippen LogP contribution is -2.18. The first-order valence-corrected chi connectivity index (χ1v) is 6.32. The number of nitrogens with two attached hydrogens (primary N) is 1.